The van der Waals surface area contributed by atoms with Gasteiger partial charge in [-0.25, -0.2) is 0 Å². The first-order valence-corrected chi connectivity index (χ1v) is 6.31. The van der Waals surface area contributed by atoms with E-state index in [-0.39, 0.29) is 11.9 Å². The number of rotatable bonds is 1. The minimum absolute atomic E-state index is 0.00588. The number of amides is 1. The molecule has 1 heterocycles. The molecule has 1 saturated carbocycles. The summed E-state index contributed by atoms with van der Waals surface area (Å²) < 4.78 is 0. The average Bonchev–Trinajstić information content (AvgIpc) is 2.58. The molecule has 4 nitrogen and oxygen atoms in total. The lowest BCUT2D eigenvalue weighted by atomic mass is 10.1. The summed E-state index contributed by atoms with van der Waals surface area (Å²) in [6, 6.07) is 0.00588. The van der Waals surface area contributed by atoms with Gasteiger partial charge in [0.2, 0.25) is 5.91 Å². The number of nitrogens with zero attached hydrogens (tertiary/aromatic N) is 1. The molecule has 2 rings (SSSR count). The number of hydrogen-bond acceptors (Lipinski definition) is 3. The van der Waals surface area contributed by atoms with Crippen molar-refractivity contribution in [2.75, 3.05) is 19.6 Å². The van der Waals surface area contributed by atoms with Crippen LogP contribution < -0.4 is 5.32 Å². The van der Waals surface area contributed by atoms with E-state index in [1.165, 1.54) is 0 Å². The minimum atomic E-state index is 0.00588. The van der Waals surface area contributed by atoms with E-state index in [0.717, 1.165) is 45.2 Å². The molecule has 4 heteroatoms. The van der Waals surface area contributed by atoms with Gasteiger partial charge in [-0.3, -0.25) is 14.5 Å². The number of ketones is 1. The van der Waals surface area contributed by atoms with Gasteiger partial charge in [0.1, 0.15) is 5.78 Å². The van der Waals surface area contributed by atoms with Crippen molar-refractivity contribution < 1.29 is 9.59 Å². The van der Waals surface area contributed by atoms with E-state index in [1.807, 2.05) is 0 Å². The number of nitrogens with one attached hydrogen (secondary N) is 1. The van der Waals surface area contributed by atoms with Gasteiger partial charge < -0.3 is 5.32 Å². The largest absolute Gasteiger partial charge is 0.355 e. The first-order chi connectivity index (χ1) is 7.77. The second-order valence-electron chi connectivity index (χ2n) is 4.76. The molecule has 0 bridgehead atoms. The van der Waals surface area contributed by atoms with Gasteiger partial charge in [-0.1, -0.05) is 12.8 Å². The predicted molar refractivity (Wildman–Crippen MR) is 61.1 cm³/mol. The molecule has 1 N–H and O–H groups in total. The molecule has 1 aliphatic heterocycles. The Morgan fingerprint density at radius 3 is 2.88 bits per heavy atom. The fraction of sp³-hybridized carbons (Fsp3) is 0.833. The number of hydrogen-bond donors (Lipinski definition) is 1. The van der Waals surface area contributed by atoms with E-state index >= 15 is 0 Å². The van der Waals surface area contributed by atoms with Crippen molar-refractivity contribution in [3.63, 3.8) is 0 Å². The summed E-state index contributed by atoms with van der Waals surface area (Å²) in [6.45, 7) is 2.02. The van der Waals surface area contributed by atoms with Gasteiger partial charge in [-0.05, 0) is 19.3 Å². The lowest BCUT2D eigenvalue weighted by Crippen LogP contribution is -2.44. The summed E-state index contributed by atoms with van der Waals surface area (Å²) in [7, 11) is 0. The lowest BCUT2D eigenvalue weighted by molar-refractivity contribution is -0.126. The maximum atomic E-state index is 12.0. The molecule has 1 aliphatic carbocycles. The Balaban J connectivity index is 2.02. The predicted octanol–water partition coefficient (Wildman–Crippen LogP) is 0.710. The second kappa shape index (κ2) is 5.43. The third-order valence-electron chi connectivity index (χ3n) is 3.50. The molecule has 0 aromatic heterocycles. The van der Waals surface area contributed by atoms with E-state index in [2.05, 4.69) is 10.2 Å². The first kappa shape index (κ1) is 11.6. The van der Waals surface area contributed by atoms with Crippen LogP contribution in [0.4, 0.5) is 0 Å². The Morgan fingerprint density at radius 1 is 1.12 bits per heavy atom. The van der Waals surface area contributed by atoms with Gasteiger partial charge in [0.05, 0.1) is 12.6 Å². The van der Waals surface area contributed by atoms with Crippen LogP contribution in [-0.2, 0) is 9.59 Å². The molecule has 1 saturated heterocycles. The minimum Gasteiger partial charge on any atom is -0.355 e. The van der Waals surface area contributed by atoms with Gasteiger partial charge in [-0.2, -0.15) is 0 Å². The number of Topliss-reactive ketones (excluding diaryl/α,β-unsaturated/α-hetero) is 1. The fourth-order valence-corrected chi connectivity index (χ4v) is 2.62. The Kier molecular flexibility index (Phi) is 3.93. The molecule has 2 aliphatic rings. The van der Waals surface area contributed by atoms with E-state index < -0.39 is 0 Å². The van der Waals surface area contributed by atoms with Crippen molar-refractivity contribution >= 4 is 11.7 Å². The molecule has 0 radical (unpaired) electrons. The molecule has 0 aromatic carbocycles. The van der Waals surface area contributed by atoms with Crippen molar-refractivity contribution in [1.82, 2.24) is 10.2 Å². The van der Waals surface area contributed by atoms with Crippen molar-refractivity contribution in [2.24, 2.45) is 0 Å². The maximum absolute atomic E-state index is 12.0. The van der Waals surface area contributed by atoms with Crippen molar-refractivity contribution in [1.29, 1.82) is 0 Å². The van der Waals surface area contributed by atoms with Crippen LogP contribution in [0.3, 0.4) is 0 Å². The zero-order valence-corrected chi connectivity index (χ0v) is 9.71. The first-order valence-electron chi connectivity index (χ1n) is 6.31. The van der Waals surface area contributed by atoms with Gasteiger partial charge in [-0.15, -0.1) is 0 Å². The van der Waals surface area contributed by atoms with Crippen molar-refractivity contribution in [3.8, 4) is 0 Å². The highest BCUT2D eigenvalue weighted by Gasteiger charge is 2.28. The van der Waals surface area contributed by atoms with Crippen LogP contribution in [0.2, 0.25) is 0 Å². The maximum Gasteiger partial charge on any atom is 0.234 e. The topological polar surface area (TPSA) is 49.4 Å². The molecule has 90 valence electrons. The molecule has 1 amide bonds. The third kappa shape index (κ3) is 2.82. The SMILES string of the molecule is O=C1CN(C2CCCCCC2=O)CCCN1. The zero-order chi connectivity index (χ0) is 11.4. The Hall–Kier alpha value is -0.900. The lowest BCUT2D eigenvalue weighted by Gasteiger charge is -2.27. The van der Waals surface area contributed by atoms with Crippen LogP contribution in [0.25, 0.3) is 0 Å². The molecule has 0 spiro atoms. The summed E-state index contributed by atoms with van der Waals surface area (Å²) in [5, 5.41) is 2.85. The Labute approximate surface area is 96.4 Å². The standard InChI is InChI=1S/C12H20N2O2/c15-11-6-3-1-2-5-10(11)14-8-4-7-13-12(16)9-14/h10H,1-9H2,(H,13,16). The van der Waals surface area contributed by atoms with Crippen LogP contribution in [-0.4, -0.2) is 42.3 Å². The molecule has 1 unspecified atom stereocenters. The zero-order valence-electron chi connectivity index (χ0n) is 9.71. The van der Waals surface area contributed by atoms with Crippen LogP contribution in [0, 0.1) is 0 Å². The van der Waals surface area contributed by atoms with Crippen LogP contribution in [0.5, 0.6) is 0 Å². The van der Waals surface area contributed by atoms with Gasteiger partial charge in [0.15, 0.2) is 0 Å². The molecule has 0 aromatic rings. The molecule has 1 atom stereocenters. The van der Waals surface area contributed by atoms with E-state index in [9.17, 15) is 9.59 Å². The van der Waals surface area contributed by atoms with Crippen molar-refractivity contribution in [2.45, 2.75) is 44.6 Å². The quantitative estimate of drug-likeness (QED) is 0.667. The average molecular weight is 224 g/mol. The van der Waals surface area contributed by atoms with E-state index in [1.54, 1.807) is 0 Å². The van der Waals surface area contributed by atoms with Gasteiger partial charge in [0.25, 0.3) is 0 Å². The number of carbonyl (C=O) groups excluding carboxylic acids is 2. The molecular weight excluding hydrogens is 204 g/mol. The monoisotopic (exact) mass is 224 g/mol. The summed E-state index contributed by atoms with van der Waals surface area (Å²) in [4.78, 5) is 25.5. The summed E-state index contributed by atoms with van der Waals surface area (Å²) in [5.74, 6) is 0.404. The van der Waals surface area contributed by atoms with E-state index in [4.69, 9.17) is 0 Å². The number of carbonyl (C=O) groups is 2. The van der Waals surface area contributed by atoms with E-state index in [0.29, 0.717) is 18.7 Å². The Morgan fingerprint density at radius 2 is 2.00 bits per heavy atom. The molecule has 16 heavy (non-hydrogen) atoms. The molecular formula is C12H20N2O2. The van der Waals surface area contributed by atoms with Crippen LogP contribution in [0.1, 0.15) is 38.5 Å². The Bertz CT molecular complexity index is 278. The summed E-state index contributed by atoms with van der Waals surface area (Å²) in [6.07, 6.45) is 5.89. The van der Waals surface area contributed by atoms with Crippen LogP contribution >= 0.6 is 0 Å². The summed E-state index contributed by atoms with van der Waals surface area (Å²) in [5.41, 5.74) is 0. The highest BCUT2D eigenvalue weighted by molar-refractivity contribution is 5.85. The second-order valence-corrected chi connectivity index (χ2v) is 4.76. The molecule has 2 fully saturated rings. The van der Waals surface area contributed by atoms with Gasteiger partial charge >= 0.3 is 0 Å². The van der Waals surface area contributed by atoms with Gasteiger partial charge in [0, 0.05) is 19.5 Å². The normalized spacial score (nSPS) is 29.4. The highest BCUT2D eigenvalue weighted by atomic mass is 16.2. The van der Waals surface area contributed by atoms with Crippen molar-refractivity contribution in [3.05, 3.63) is 0 Å². The summed E-state index contributed by atoms with van der Waals surface area (Å²) >= 11 is 0. The smallest absolute Gasteiger partial charge is 0.234 e. The fourth-order valence-electron chi connectivity index (χ4n) is 2.62. The van der Waals surface area contributed by atoms with Crippen LogP contribution in [0.15, 0.2) is 0 Å². The highest BCUT2D eigenvalue weighted by Crippen LogP contribution is 2.19. The third-order valence-corrected chi connectivity index (χ3v) is 3.50.